The number of likely N-dealkylation sites (N-methyl/N-ethyl adjacent to an activating group) is 1. The number of aromatic nitrogens is 3. The number of fused-ring (bicyclic) bond motifs is 1. The Bertz CT molecular complexity index is 1300. The van der Waals surface area contributed by atoms with E-state index in [1.807, 2.05) is 13.0 Å². The summed E-state index contributed by atoms with van der Waals surface area (Å²) in [5, 5.41) is 3.58. The Balaban J connectivity index is 1.38. The number of aryl methyl sites for hydroxylation is 1. The third-order valence-electron chi connectivity index (χ3n) is 6.91. The highest BCUT2D eigenvalue weighted by atomic mass is 32.1. The monoisotopic (exact) mass is 547 g/mol. The first kappa shape index (κ1) is 26.5. The van der Waals surface area contributed by atoms with Crippen molar-refractivity contribution >= 4 is 17.2 Å². The molecule has 0 bridgehead atoms. The largest absolute Gasteiger partial charge is 0.488 e. The summed E-state index contributed by atoms with van der Waals surface area (Å²) in [6, 6.07) is 4.96. The Morgan fingerprint density at radius 2 is 1.95 bits per heavy atom. The number of halogens is 3. The van der Waals surface area contributed by atoms with Gasteiger partial charge in [0.1, 0.15) is 23.0 Å². The standard InChI is InChI=1S/C26H28F3N5O3S/c1-14-11-30-24(38-14)17-8-16(23(35)33-15(2)18-12-31-25(32-13-18)26(27,28)29)9-19(10-17)37-21-5-4-20-22(21)36-7-6-34(20)3/h8-13,15,20-22H,4-7H2,1-3H3,(H,33,35)/t15-,20+,21-,22-/m1/s1. The predicted molar refractivity (Wildman–Crippen MR) is 135 cm³/mol. The number of nitrogens with one attached hydrogen (secondary N) is 1. The van der Waals surface area contributed by atoms with Gasteiger partial charge in [-0.15, -0.1) is 11.3 Å². The summed E-state index contributed by atoms with van der Waals surface area (Å²) in [5.41, 5.74) is 1.44. The molecular weight excluding hydrogens is 519 g/mol. The quantitative estimate of drug-likeness (QED) is 0.480. The van der Waals surface area contributed by atoms with E-state index in [2.05, 4.69) is 32.2 Å². The summed E-state index contributed by atoms with van der Waals surface area (Å²) in [4.78, 5) is 27.8. The van der Waals surface area contributed by atoms with E-state index in [1.165, 1.54) is 11.3 Å². The van der Waals surface area contributed by atoms with E-state index in [1.54, 1.807) is 25.3 Å². The van der Waals surface area contributed by atoms with E-state index in [9.17, 15) is 18.0 Å². The number of rotatable bonds is 6. The van der Waals surface area contributed by atoms with Crippen molar-refractivity contribution < 1.29 is 27.4 Å². The van der Waals surface area contributed by atoms with Crippen LogP contribution in [0.25, 0.3) is 10.6 Å². The molecule has 0 spiro atoms. The van der Waals surface area contributed by atoms with Crippen LogP contribution in [0.2, 0.25) is 0 Å². The predicted octanol–water partition coefficient (Wildman–Crippen LogP) is 4.66. The Labute approximate surface area is 222 Å². The number of alkyl halides is 3. The van der Waals surface area contributed by atoms with Crippen LogP contribution in [0.5, 0.6) is 5.75 Å². The molecular formula is C26H28F3N5O3S. The van der Waals surface area contributed by atoms with E-state index in [0.717, 1.165) is 47.2 Å². The van der Waals surface area contributed by atoms with Crippen molar-refractivity contribution in [2.45, 2.75) is 57.2 Å². The van der Waals surface area contributed by atoms with Crippen molar-refractivity contribution in [2.75, 3.05) is 20.2 Å². The molecule has 2 aromatic heterocycles. The third-order valence-corrected chi connectivity index (χ3v) is 7.87. The average molecular weight is 548 g/mol. The maximum Gasteiger partial charge on any atom is 0.451 e. The van der Waals surface area contributed by atoms with Crippen molar-refractivity contribution in [1.82, 2.24) is 25.2 Å². The van der Waals surface area contributed by atoms with Crippen molar-refractivity contribution in [3.8, 4) is 16.3 Å². The molecule has 0 unspecified atom stereocenters. The van der Waals surface area contributed by atoms with Crippen LogP contribution in [0.15, 0.2) is 36.8 Å². The smallest absolute Gasteiger partial charge is 0.451 e. The Morgan fingerprint density at radius 1 is 1.18 bits per heavy atom. The summed E-state index contributed by atoms with van der Waals surface area (Å²) in [7, 11) is 2.10. The number of carbonyl (C=O) groups excluding carboxylic acids is 1. The Hall–Kier alpha value is -3.09. The Morgan fingerprint density at radius 3 is 2.63 bits per heavy atom. The minimum atomic E-state index is -4.63. The molecule has 1 saturated heterocycles. The summed E-state index contributed by atoms with van der Waals surface area (Å²) in [6.45, 7) is 5.15. The fraction of sp³-hybridized carbons (Fsp3) is 0.462. The first-order valence-electron chi connectivity index (χ1n) is 12.3. The van der Waals surface area contributed by atoms with Gasteiger partial charge in [0.15, 0.2) is 0 Å². The topological polar surface area (TPSA) is 89.5 Å². The normalized spacial score (nSPS) is 22.6. The zero-order chi connectivity index (χ0) is 27.0. The lowest BCUT2D eigenvalue weighted by atomic mass is 10.1. The van der Waals surface area contributed by atoms with Crippen LogP contribution in [0.1, 0.15) is 52.4 Å². The average Bonchev–Trinajstić information content (AvgIpc) is 3.50. The van der Waals surface area contributed by atoms with Crippen molar-refractivity contribution in [2.24, 2.45) is 0 Å². The van der Waals surface area contributed by atoms with Gasteiger partial charge in [-0.25, -0.2) is 15.0 Å². The molecule has 1 saturated carbocycles. The number of carbonyl (C=O) groups is 1. The molecule has 2 aliphatic rings. The van der Waals surface area contributed by atoms with Crippen molar-refractivity contribution in [1.29, 1.82) is 0 Å². The molecule has 2 fully saturated rings. The molecule has 3 aromatic rings. The first-order valence-corrected chi connectivity index (χ1v) is 13.2. The van der Waals surface area contributed by atoms with Crippen molar-refractivity contribution in [3.63, 3.8) is 0 Å². The lowest BCUT2D eigenvalue weighted by molar-refractivity contribution is -0.145. The van der Waals surface area contributed by atoms with Crippen LogP contribution < -0.4 is 10.1 Å². The van der Waals surface area contributed by atoms with Gasteiger partial charge in [0.05, 0.1) is 12.6 Å². The fourth-order valence-corrected chi connectivity index (χ4v) is 5.63. The van der Waals surface area contributed by atoms with Gasteiger partial charge < -0.3 is 14.8 Å². The van der Waals surface area contributed by atoms with E-state index < -0.39 is 23.9 Å². The van der Waals surface area contributed by atoms with Gasteiger partial charge in [0, 0.05) is 52.7 Å². The molecule has 1 aliphatic heterocycles. The second kappa shape index (κ2) is 10.6. The lowest BCUT2D eigenvalue weighted by Crippen LogP contribution is -2.50. The van der Waals surface area contributed by atoms with E-state index in [-0.39, 0.29) is 12.2 Å². The van der Waals surface area contributed by atoms with Crippen LogP contribution in [0, 0.1) is 6.92 Å². The first-order chi connectivity index (χ1) is 18.1. The molecule has 5 rings (SSSR count). The molecule has 4 atom stereocenters. The van der Waals surface area contributed by atoms with Crippen LogP contribution in [0.4, 0.5) is 13.2 Å². The highest BCUT2D eigenvalue weighted by Crippen LogP contribution is 2.35. The highest BCUT2D eigenvalue weighted by molar-refractivity contribution is 7.14. The molecule has 12 heteroatoms. The van der Waals surface area contributed by atoms with E-state index >= 15 is 0 Å². The lowest BCUT2D eigenvalue weighted by Gasteiger charge is -2.36. The van der Waals surface area contributed by atoms with Gasteiger partial charge in [-0.3, -0.25) is 9.69 Å². The number of ether oxygens (including phenoxy) is 2. The maximum atomic E-state index is 13.3. The van der Waals surface area contributed by atoms with Crippen LogP contribution >= 0.6 is 11.3 Å². The summed E-state index contributed by atoms with van der Waals surface area (Å²) in [5.74, 6) is -1.10. The minimum Gasteiger partial charge on any atom is -0.488 e. The van der Waals surface area contributed by atoms with Gasteiger partial charge >= 0.3 is 6.18 Å². The van der Waals surface area contributed by atoms with Crippen molar-refractivity contribution in [3.05, 3.63) is 58.6 Å². The molecule has 1 amide bonds. The number of hydrogen-bond donors (Lipinski definition) is 1. The molecule has 1 aliphatic carbocycles. The zero-order valence-corrected chi connectivity index (χ0v) is 22.0. The zero-order valence-electron chi connectivity index (χ0n) is 21.2. The summed E-state index contributed by atoms with van der Waals surface area (Å²) < 4.78 is 50.9. The minimum absolute atomic E-state index is 0.0449. The molecule has 202 valence electrons. The number of benzene rings is 1. The van der Waals surface area contributed by atoms with Gasteiger partial charge in [-0.2, -0.15) is 13.2 Å². The summed E-state index contributed by atoms with van der Waals surface area (Å²) >= 11 is 1.51. The summed E-state index contributed by atoms with van der Waals surface area (Å²) in [6.07, 6.45) is 0.903. The molecule has 8 nitrogen and oxygen atoms in total. The number of thiazole rings is 1. The molecule has 3 heterocycles. The maximum absolute atomic E-state index is 13.3. The third kappa shape index (κ3) is 5.67. The molecule has 38 heavy (non-hydrogen) atoms. The van der Waals surface area contributed by atoms with Crippen LogP contribution in [-0.4, -0.2) is 64.2 Å². The van der Waals surface area contributed by atoms with Gasteiger partial charge in [0.25, 0.3) is 5.91 Å². The number of nitrogens with zero attached hydrogens (tertiary/aromatic N) is 4. The molecule has 1 aromatic carbocycles. The molecule has 1 N–H and O–H groups in total. The van der Waals surface area contributed by atoms with Gasteiger partial charge in [-0.1, -0.05) is 0 Å². The number of amides is 1. The van der Waals surface area contributed by atoms with Crippen LogP contribution in [-0.2, 0) is 10.9 Å². The number of hydrogen-bond acceptors (Lipinski definition) is 8. The second-order valence-corrected chi connectivity index (χ2v) is 10.9. The van der Waals surface area contributed by atoms with Gasteiger partial charge in [-0.05, 0) is 51.9 Å². The van der Waals surface area contributed by atoms with E-state index in [4.69, 9.17) is 9.47 Å². The van der Waals surface area contributed by atoms with Crippen LogP contribution in [0.3, 0.4) is 0 Å². The molecule has 0 radical (unpaired) electrons. The highest BCUT2D eigenvalue weighted by Gasteiger charge is 2.43. The Kier molecular flexibility index (Phi) is 7.38. The number of morpholine rings is 1. The fourth-order valence-electron chi connectivity index (χ4n) is 4.88. The van der Waals surface area contributed by atoms with E-state index in [0.29, 0.717) is 29.5 Å². The van der Waals surface area contributed by atoms with Gasteiger partial charge in [0.2, 0.25) is 5.82 Å². The second-order valence-electron chi connectivity index (χ2n) is 9.67. The SMILES string of the molecule is Cc1cnc(-c2cc(O[C@@H]3CC[C@H]4[C@H]3OCCN4C)cc(C(=O)N[C@H](C)c3cnc(C(F)(F)F)nc3)c2)s1.